The van der Waals surface area contributed by atoms with E-state index in [0.29, 0.717) is 11.3 Å². The third-order valence-corrected chi connectivity index (χ3v) is 9.79. The van der Waals surface area contributed by atoms with E-state index in [9.17, 15) is 23.1 Å². The van der Waals surface area contributed by atoms with Gasteiger partial charge in [-0.25, -0.2) is 23.8 Å². The largest absolute Gasteiger partial charge is 0.507 e. The summed E-state index contributed by atoms with van der Waals surface area (Å²) in [5.74, 6) is -3.51. The number of carbonyl (C=O) groups is 1. The second-order valence-electron chi connectivity index (χ2n) is 11.9. The van der Waals surface area contributed by atoms with Crippen LogP contribution in [0.3, 0.4) is 0 Å². The molecule has 0 aliphatic carbocycles. The second kappa shape index (κ2) is 13.0. The van der Waals surface area contributed by atoms with E-state index in [-0.39, 0.29) is 53.9 Å². The van der Waals surface area contributed by atoms with Crippen LogP contribution in [0, 0.1) is 25.1 Å². The lowest BCUT2D eigenvalue weighted by Crippen LogP contribution is -2.56. The van der Waals surface area contributed by atoms with Gasteiger partial charge in [-0.05, 0) is 48.7 Å². The van der Waals surface area contributed by atoms with Crippen molar-refractivity contribution in [3.05, 3.63) is 98.9 Å². The molecule has 0 radical (unpaired) electrons. The first-order chi connectivity index (χ1) is 22.6. The highest BCUT2D eigenvalue weighted by molar-refractivity contribution is 7.90. The summed E-state index contributed by atoms with van der Waals surface area (Å²) in [6.07, 6.45) is 3.49. The van der Waals surface area contributed by atoms with Gasteiger partial charge in [0.25, 0.3) is 5.56 Å². The van der Waals surface area contributed by atoms with Crippen LogP contribution in [-0.4, -0.2) is 72.4 Å². The lowest BCUT2D eigenvalue weighted by Gasteiger charge is -2.41. The molecule has 1 N–H and O–H groups in total. The van der Waals surface area contributed by atoms with Crippen molar-refractivity contribution in [3.8, 4) is 22.6 Å². The number of fused-ring (bicyclic) bond motifs is 1. The Balaban J connectivity index is 2.01. The number of benzene rings is 2. The fourth-order valence-corrected chi connectivity index (χ4v) is 7.58. The number of rotatable bonds is 7. The second-order valence-corrected chi connectivity index (χ2v) is 14.2. The Morgan fingerprint density at radius 2 is 1.94 bits per heavy atom. The molecular formula is C34H32ClF2N5O5S. The van der Waals surface area contributed by atoms with Crippen LogP contribution in [0.2, 0.25) is 5.02 Å². The molecule has 1 atom stereocenters. The monoisotopic (exact) mass is 695 g/mol. The highest BCUT2D eigenvalue weighted by atomic mass is 35.5. The average molecular weight is 696 g/mol. The maximum Gasteiger partial charge on any atom is 0.276 e. The van der Waals surface area contributed by atoms with E-state index in [1.165, 1.54) is 28.1 Å². The van der Waals surface area contributed by atoms with E-state index in [2.05, 4.69) is 16.4 Å². The van der Waals surface area contributed by atoms with Crippen LogP contribution >= 0.6 is 11.6 Å². The quantitative estimate of drug-likeness (QED) is 0.196. The molecule has 2 aromatic heterocycles. The summed E-state index contributed by atoms with van der Waals surface area (Å²) in [5.41, 5.74) is -1.79. The van der Waals surface area contributed by atoms with Crippen LogP contribution in [0.4, 0.5) is 14.5 Å². The standard InChI is InChI=1S/C34H32ClF2N5O5S/c1-7-25(44)41-14-13-40(17-20(41)16-38-5)32-21-15-22(35)26(27-23(36)9-8-10-24(27)43)28(37)31(21)42(34(45)33(32)48(6,46)47)30-19(4)11-12-39-29(30)18(2)3/h7-12,15,18,20,43H,1,13-14,16-17H2,2-4,6H3/t20-/m0/s1. The molecule has 48 heavy (non-hydrogen) atoms. The number of phenols is 1. The van der Waals surface area contributed by atoms with Gasteiger partial charge in [0.1, 0.15) is 17.6 Å². The number of hydrogen-bond donors (Lipinski definition) is 1. The number of piperazine rings is 1. The molecule has 2 aromatic carbocycles. The molecule has 1 saturated heterocycles. The number of aryl methyl sites for hydroxylation is 1. The molecule has 1 fully saturated rings. The van der Waals surface area contributed by atoms with Gasteiger partial charge in [0.15, 0.2) is 20.5 Å². The molecule has 4 aromatic rings. The van der Waals surface area contributed by atoms with E-state index >= 15 is 8.78 Å². The zero-order chi connectivity index (χ0) is 35.2. The highest BCUT2D eigenvalue weighted by Gasteiger charge is 2.38. The Bertz CT molecular complexity index is 2190. The number of hydrogen-bond acceptors (Lipinski definition) is 7. The van der Waals surface area contributed by atoms with Crippen molar-refractivity contribution in [1.29, 1.82) is 0 Å². The van der Waals surface area contributed by atoms with Crippen molar-refractivity contribution < 1.29 is 27.1 Å². The summed E-state index contributed by atoms with van der Waals surface area (Å²) >= 11 is 6.69. The van der Waals surface area contributed by atoms with Crippen molar-refractivity contribution in [2.45, 2.75) is 37.6 Å². The number of phenolic OH excluding ortho intramolecular Hbond substituents is 1. The predicted octanol–water partition coefficient (Wildman–Crippen LogP) is 5.65. The van der Waals surface area contributed by atoms with Gasteiger partial charge in [-0.3, -0.25) is 19.1 Å². The molecular weight excluding hydrogens is 664 g/mol. The Kier molecular flexibility index (Phi) is 9.36. The summed E-state index contributed by atoms with van der Waals surface area (Å²) in [4.78, 5) is 37.6. The molecule has 0 bridgehead atoms. The Morgan fingerprint density at radius 3 is 2.54 bits per heavy atom. The minimum absolute atomic E-state index is 0.00735. The smallest absolute Gasteiger partial charge is 0.276 e. The molecule has 3 heterocycles. The minimum atomic E-state index is -4.37. The van der Waals surface area contributed by atoms with Gasteiger partial charge < -0.3 is 19.8 Å². The first-order valence-corrected chi connectivity index (χ1v) is 17.2. The van der Waals surface area contributed by atoms with Crippen LogP contribution in [0.5, 0.6) is 5.75 Å². The summed E-state index contributed by atoms with van der Waals surface area (Å²) in [6, 6.07) is 5.52. The van der Waals surface area contributed by atoms with E-state index < -0.39 is 66.3 Å². The van der Waals surface area contributed by atoms with Gasteiger partial charge >= 0.3 is 0 Å². The SMILES string of the molecule is [C-]#[N+]C[C@H]1CN(c2c(S(C)(=O)=O)c(=O)n(-c3c(C)ccnc3C(C)C)c3c(F)c(-c4c(O)cccc4F)c(Cl)cc23)CCN1C(=O)C=C. The fraction of sp³-hybridized carbons (Fsp3) is 0.294. The first-order valence-electron chi connectivity index (χ1n) is 14.9. The summed E-state index contributed by atoms with van der Waals surface area (Å²) in [7, 11) is -4.37. The normalized spacial score (nSPS) is 15.2. The zero-order valence-corrected chi connectivity index (χ0v) is 28.2. The zero-order valence-electron chi connectivity index (χ0n) is 26.6. The van der Waals surface area contributed by atoms with Crippen LogP contribution in [0.15, 0.2) is 58.9 Å². The molecule has 1 aliphatic heterocycles. The molecule has 14 heteroatoms. The lowest BCUT2D eigenvalue weighted by atomic mass is 9.98. The molecule has 0 unspecified atom stereocenters. The number of aromatic hydroxyl groups is 1. The maximum absolute atomic E-state index is 17.3. The Morgan fingerprint density at radius 1 is 1.23 bits per heavy atom. The summed E-state index contributed by atoms with van der Waals surface area (Å²) < 4.78 is 60.8. The van der Waals surface area contributed by atoms with E-state index in [1.54, 1.807) is 13.0 Å². The predicted molar refractivity (Wildman–Crippen MR) is 181 cm³/mol. The first kappa shape index (κ1) is 34.5. The summed E-state index contributed by atoms with van der Waals surface area (Å²) in [5, 5.41) is 10.2. The van der Waals surface area contributed by atoms with Crippen molar-refractivity contribution in [1.82, 2.24) is 14.5 Å². The van der Waals surface area contributed by atoms with Crippen LogP contribution in [-0.2, 0) is 14.6 Å². The molecule has 1 aliphatic rings. The van der Waals surface area contributed by atoms with Crippen molar-refractivity contribution >= 4 is 43.9 Å². The third-order valence-electron chi connectivity index (χ3n) is 8.38. The molecule has 0 saturated carbocycles. The highest BCUT2D eigenvalue weighted by Crippen LogP contribution is 2.45. The van der Waals surface area contributed by atoms with E-state index in [0.717, 1.165) is 29.0 Å². The minimum Gasteiger partial charge on any atom is -0.507 e. The Labute approximate surface area is 281 Å². The van der Waals surface area contributed by atoms with Crippen LogP contribution in [0.25, 0.3) is 32.6 Å². The molecule has 250 valence electrons. The molecule has 10 nitrogen and oxygen atoms in total. The van der Waals surface area contributed by atoms with Gasteiger partial charge in [-0.2, -0.15) is 0 Å². The number of pyridine rings is 2. The van der Waals surface area contributed by atoms with Crippen LogP contribution in [0.1, 0.15) is 31.0 Å². The van der Waals surface area contributed by atoms with E-state index in [1.807, 2.05) is 13.8 Å². The maximum atomic E-state index is 17.3. The van der Waals surface area contributed by atoms with Crippen molar-refractivity contribution in [3.63, 3.8) is 0 Å². The number of nitrogens with zero attached hydrogens (tertiary/aromatic N) is 5. The number of carbonyl (C=O) groups excluding carboxylic acids is 1. The van der Waals surface area contributed by atoms with Crippen molar-refractivity contribution in [2.75, 3.05) is 37.3 Å². The van der Waals surface area contributed by atoms with Gasteiger partial charge in [0.2, 0.25) is 12.5 Å². The third kappa shape index (κ3) is 5.79. The van der Waals surface area contributed by atoms with Gasteiger partial charge in [-0.1, -0.05) is 38.1 Å². The molecule has 1 amide bonds. The van der Waals surface area contributed by atoms with E-state index in [4.69, 9.17) is 18.2 Å². The number of anilines is 1. The number of aromatic nitrogens is 2. The lowest BCUT2D eigenvalue weighted by molar-refractivity contribution is -0.128. The number of halogens is 3. The Hall–Kier alpha value is -4.80. The number of sulfone groups is 1. The fourth-order valence-electron chi connectivity index (χ4n) is 6.30. The van der Waals surface area contributed by atoms with Gasteiger partial charge in [-0.15, -0.1) is 0 Å². The van der Waals surface area contributed by atoms with Gasteiger partial charge in [0.05, 0.1) is 33.2 Å². The summed E-state index contributed by atoms with van der Waals surface area (Å²) in [6.45, 7) is 16.1. The van der Waals surface area contributed by atoms with Crippen LogP contribution < -0.4 is 10.5 Å². The number of amides is 1. The topological polar surface area (TPSA) is 117 Å². The van der Waals surface area contributed by atoms with Gasteiger partial charge in [0, 0.05) is 43.0 Å². The molecule has 0 spiro atoms. The average Bonchev–Trinajstić information content (AvgIpc) is 3.01. The van der Waals surface area contributed by atoms with Crippen molar-refractivity contribution in [2.24, 2.45) is 0 Å². The molecule has 5 rings (SSSR count).